The molecule has 0 bridgehead atoms. The van der Waals surface area contributed by atoms with E-state index in [-0.39, 0.29) is 5.91 Å². The third-order valence-electron chi connectivity index (χ3n) is 3.79. The molecule has 4 heteroatoms. The van der Waals surface area contributed by atoms with Crippen LogP contribution in [-0.2, 0) is 0 Å². The molecule has 0 spiro atoms. The van der Waals surface area contributed by atoms with E-state index in [0.29, 0.717) is 5.92 Å². The van der Waals surface area contributed by atoms with Crippen molar-refractivity contribution < 1.29 is 4.79 Å². The molecule has 1 amide bonds. The molecule has 2 rings (SSSR count). The minimum atomic E-state index is 0.0968. The molecule has 0 aliphatic carbocycles. The highest BCUT2D eigenvalue weighted by molar-refractivity contribution is 5.99. The second-order valence-electron chi connectivity index (χ2n) is 5.40. The maximum Gasteiger partial charge on any atom is 0.255 e. The average molecular weight is 261 g/mol. The van der Waals surface area contributed by atoms with Crippen molar-refractivity contribution >= 4 is 11.6 Å². The SMILES string of the molecule is CNc1ccccc1C(=O)N(C)CC1CCN(C)C1. The van der Waals surface area contributed by atoms with Crippen molar-refractivity contribution in [3.63, 3.8) is 0 Å². The maximum atomic E-state index is 12.5. The van der Waals surface area contributed by atoms with Gasteiger partial charge in [0.25, 0.3) is 5.91 Å². The monoisotopic (exact) mass is 261 g/mol. The fourth-order valence-electron chi connectivity index (χ4n) is 2.74. The van der Waals surface area contributed by atoms with Gasteiger partial charge in [-0.3, -0.25) is 4.79 Å². The summed E-state index contributed by atoms with van der Waals surface area (Å²) in [4.78, 5) is 16.6. The van der Waals surface area contributed by atoms with Crippen LogP contribution in [0.4, 0.5) is 5.69 Å². The van der Waals surface area contributed by atoms with Gasteiger partial charge in [0.2, 0.25) is 0 Å². The molecule has 0 radical (unpaired) electrons. The number of hydrogen-bond acceptors (Lipinski definition) is 3. The number of para-hydroxylation sites is 1. The minimum Gasteiger partial charge on any atom is -0.387 e. The molecule has 19 heavy (non-hydrogen) atoms. The summed E-state index contributed by atoms with van der Waals surface area (Å²) in [6.07, 6.45) is 1.18. The van der Waals surface area contributed by atoms with Crippen LogP contribution in [0.1, 0.15) is 16.8 Å². The second-order valence-corrected chi connectivity index (χ2v) is 5.40. The first kappa shape index (κ1) is 13.9. The van der Waals surface area contributed by atoms with Crippen LogP contribution < -0.4 is 5.32 Å². The van der Waals surface area contributed by atoms with Crippen LogP contribution in [-0.4, -0.2) is 56.5 Å². The van der Waals surface area contributed by atoms with Crippen molar-refractivity contribution in [1.82, 2.24) is 9.80 Å². The number of amides is 1. The highest BCUT2D eigenvalue weighted by atomic mass is 16.2. The Morgan fingerprint density at radius 3 is 2.84 bits per heavy atom. The Morgan fingerprint density at radius 1 is 1.47 bits per heavy atom. The standard InChI is InChI=1S/C15H23N3O/c1-16-14-7-5-4-6-13(14)15(19)18(3)11-12-8-9-17(2)10-12/h4-7,12,16H,8-11H2,1-3H3. The van der Waals surface area contributed by atoms with Gasteiger partial charge in [-0.05, 0) is 38.1 Å². The second kappa shape index (κ2) is 6.06. The Morgan fingerprint density at radius 2 is 2.21 bits per heavy atom. The molecule has 1 saturated heterocycles. The molecular weight excluding hydrogens is 238 g/mol. The van der Waals surface area contributed by atoms with Gasteiger partial charge in [0.1, 0.15) is 0 Å². The quantitative estimate of drug-likeness (QED) is 0.897. The smallest absolute Gasteiger partial charge is 0.255 e. The van der Waals surface area contributed by atoms with Crippen molar-refractivity contribution in [2.24, 2.45) is 5.92 Å². The van der Waals surface area contributed by atoms with Crippen molar-refractivity contribution in [3.05, 3.63) is 29.8 Å². The number of likely N-dealkylation sites (tertiary alicyclic amines) is 1. The summed E-state index contributed by atoms with van der Waals surface area (Å²) in [6.45, 7) is 3.06. The lowest BCUT2D eigenvalue weighted by Gasteiger charge is -2.22. The van der Waals surface area contributed by atoms with Gasteiger partial charge in [0.15, 0.2) is 0 Å². The lowest BCUT2D eigenvalue weighted by molar-refractivity contribution is 0.0775. The van der Waals surface area contributed by atoms with Gasteiger partial charge in [0, 0.05) is 32.9 Å². The van der Waals surface area contributed by atoms with Crippen LogP contribution >= 0.6 is 0 Å². The molecule has 1 unspecified atom stereocenters. The minimum absolute atomic E-state index is 0.0968. The van der Waals surface area contributed by atoms with E-state index in [1.54, 1.807) is 0 Å². The van der Waals surface area contributed by atoms with E-state index in [0.717, 1.165) is 30.9 Å². The molecule has 1 aromatic rings. The van der Waals surface area contributed by atoms with Crippen LogP contribution in [0, 0.1) is 5.92 Å². The topological polar surface area (TPSA) is 35.6 Å². The molecule has 1 aliphatic rings. The molecule has 104 valence electrons. The molecule has 1 N–H and O–H groups in total. The Bertz CT molecular complexity index is 447. The number of carbonyl (C=O) groups excluding carboxylic acids is 1. The van der Waals surface area contributed by atoms with Crippen LogP contribution in [0.25, 0.3) is 0 Å². The zero-order valence-electron chi connectivity index (χ0n) is 12.0. The molecule has 1 fully saturated rings. The number of nitrogens with zero attached hydrogens (tertiary/aromatic N) is 2. The van der Waals surface area contributed by atoms with Crippen molar-refractivity contribution in [1.29, 1.82) is 0 Å². The van der Waals surface area contributed by atoms with Gasteiger partial charge in [-0.25, -0.2) is 0 Å². The van der Waals surface area contributed by atoms with Crippen LogP contribution in [0.15, 0.2) is 24.3 Å². The van der Waals surface area contributed by atoms with E-state index in [2.05, 4.69) is 17.3 Å². The normalized spacial score (nSPS) is 19.4. The van der Waals surface area contributed by atoms with Crippen molar-refractivity contribution in [2.75, 3.05) is 46.1 Å². The highest BCUT2D eigenvalue weighted by Gasteiger charge is 2.23. The van der Waals surface area contributed by atoms with Gasteiger partial charge < -0.3 is 15.1 Å². The Kier molecular flexibility index (Phi) is 4.43. The number of anilines is 1. The maximum absolute atomic E-state index is 12.5. The first-order valence-electron chi connectivity index (χ1n) is 6.82. The van der Waals surface area contributed by atoms with Crippen molar-refractivity contribution in [3.8, 4) is 0 Å². The first-order chi connectivity index (χ1) is 9.11. The fraction of sp³-hybridized carbons (Fsp3) is 0.533. The summed E-state index contributed by atoms with van der Waals surface area (Å²) < 4.78 is 0. The van der Waals surface area contributed by atoms with Crippen molar-refractivity contribution in [2.45, 2.75) is 6.42 Å². The molecule has 4 nitrogen and oxygen atoms in total. The summed E-state index contributed by atoms with van der Waals surface area (Å²) in [5.74, 6) is 0.695. The number of benzene rings is 1. The molecule has 1 aromatic carbocycles. The summed E-state index contributed by atoms with van der Waals surface area (Å²) >= 11 is 0. The third-order valence-corrected chi connectivity index (χ3v) is 3.79. The fourth-order valence-corrected chi connectivity index (χ4v) is 2.74. The van der Waals surface area contributed by atoms with Crippen LogP contribution in [0.2, 0.25) is 0 Å². The van der Waals surface area contributed by atoms with E-state index in [4.69, 9.17) is 0 Å². The third kappa shape index (κ3) is 3.26. The number of hydrogen-bond donors (Lipinski definition) is 1. The van der Waals surface area contributed by atoms with E-state index in [1.807, 2.05) is 43.3 Å². The molecule has 1 heterocycles. The van der Waals surface area contributed by atoms with E-state index < -0.39 is 0 Å². The highest BCUT2D eigenvalue weighted by Crippen LogP contribution is 2.19. The van der Waals surface area contributed by atoms with Gasteiger partial charge in [0.05, 0.1) is 5.56 Å². The summed E-state index contributed by atoms with van der Waals surface area (Å²) in [5, 5.41) is 3.08. The summed E-state index contributed by atoms with van der Waals surface area (Å²) in [7, 11) is 5.88. The Hall–Kier alpha value is -1.55. The largest absolute Gasteiger partial charge is 0.387 e. The molecule has 0 aromatic heterocycles. The van der Waals surface area contributed by atoms with Gasteiger partial charge >= 0.3 is 0 Å². The molecule has 1 atom stereocenters. The molecular formula is C15H23N3O. The zero-order valence-corrected chi connectivity index (χ0v) is 12.0. The zero-order chi connectivity index (χ0) is 13.8. The lowest BCUT2D eigenvalue weighted by atomic mass is 10.1. The van der Waals surface area contributed by atoms with E-state index >= 15 is 0 Å². The average Bonchev–Trinajstić information content (AvgIpc) is 2.83. The van der Waals surface area contributed by atoms with Crippen LogP contribution in [0.5, 0.6) is 0 Å². The molecule has 1 aliphatic heterocycles. The van der Waals surface area contributed by atoms with E-state index in [1.165, 1.54) is 6.42 Å². The first-order valence-corrected chi connectivity index (χ1v) is 6.82. The van der Waals surface area contributed by atoms with E-state index in [9.17, 15) is 4.79 Å². The summed E-state index contributed by atoms with van der Waals surface area (Å²) in [5.41, 5.74) is 1.64. The predicted octanol–water partition coefficient (Wildman–Crippen LogP) is 1.75. The molecule has 0 saturated carbocycles. The number of rotatable bonds is 4. The number of carbonyl (C=O) groups is 1. The number of nitrogens with one attached hydrogen (secondary N) is 1. The Labute approximate surface area is 115 Å². The summed E-state index contributed by atoms with van der Waals surface area (Å²) in [6, 6.07) is 7.66. The lowest BCUT2D eigenvalue weighted by Crippen LogP contribution is -2.33. The Balaban J connectivity index is 2.02. The van der Waals surface area contributed by atoms with Gasteiger partial charge in [-0.1, -0.05) is 12.1 Å². The van der Waals surface area contributed by atoms with Gasteiger partial charge in [-0.15, -0.1) is 0 Å². The van der Waals surface area contributed by atoms with Gasteiger partial charge in [-0.2, -0.15) is 0 Å². The van der Waals surface area contributed by atoms with Crippen LogP contribution in [0.3, 0.4) is 0 Å². The predicted molar refractivity (Wildman–Crippen MR) is 78.6 cm³/mol.